The zero-order valence-corrected chi connectivity index (χ0v) is 21.0. The molecule has 1 aliphatic rings. The molecule has 1 aliphatic heterocycles. The number of hydrogen-bond acceptors (Lipinski definition) is 8. The summed E-state index contributed by atoms with van der Waals surface area (Å²) < 4.78 is 6.11. The van der Waals surface area contributed by atoms with E-state index in [0.29, 0.717) is 28.1 Å². The Bertz CT molecular complexity index is 1430. The first-order valence-corrected chi connectivity index (χ1v) is 12.2. The van der Waals surface area contributed by atoms with Crippen LogP contribution in [0.1, 0.15) is 41.3 Å². The SMILES string of the molecule is CN(C)C(=O)c1ccc(-c2ccc3c(n2)Oc2ncccc2C3C(C)(C)C(=O)Nc2nncs2)cc1. The van der Waals surface area contributed by atoms with Gasteiger partial charge in [0, 0.05) is 48.5 Å². The average molecular weight is 501 g/mol. The Labute approximate surface area is 212 Å². The van der Waals surface area contributed by atoms with Crippen molar-refractivity contribution < 1.29 is 14.3 Å². The molecular weight excluding hydrogens is 476 g/mol. The molecular formula is C26H24N6O3S. The molecule has 1 aromatic carbocycles. The summed E-state index contributed by atoms with van der Waals surface area (Å²) in [6.07, 6.45) is 1.65. The first-order chi connectivity index (χ1) is 17.3. The normalized spacial score (nSPS) is 14.3. The van der Waals surface area contributed by atoms with Gasteiger partial charge in [0.15, 0.2) is 0 Å². The van der Waals surface area contributed by atoms with Crippen LogP contribution < -0.4 is 10.1 Å². The molecule has 0 radical (unpaired) electrons. The Morgan fingerprint density at radius 2 is 1.78 bits per heavy atom. The van der Waals surface area contributed by atoms with Crippen LogP contribution in [0.4, 0.5) is 5.13 Å². The topological polar surface area (TPSA) is 110 Å². The lowest BCUT2D eigenvalue weighted by molar-refractivity contribution is -0.124. The van der Waals surface area contributed by atoms with Crippen molar-refractivity contribution in [1.29, 1.82) is 0 Å². The highest BCUT2D eigenvalue weighted by atomic mass is 32.1. The predicted molar refractivity (Wildman–Crippen MR) is 136 cm³/mol. The largest absolute Gasteiger partial charge is 0.420 e. The van der Waals surface area contributed by atoms with Crippen molar-refractivity contribution in [2.75, 3.05) is 19.4 Å². The number of nitrogens with one attached hydrogen (secondary N) is 1. The van der Waals surface area contributed by atoms with Crippen LogP contribution in [0.25, 0.3) is 11.3 Å². The number of amides is 2. The highest BCUT2D eigenvalue weighted by Crippen LogP contribution is 2.51. The summed E-state index contributed by atoms with van der Waals surface area (Å²) in [7, 11) is 3.44. The summed E-state index contributed by atoms with van der Waals surface area (Å²) in [5.74, 6) is 0.191. The van der Waals surface area contributed by atoms with Gasteiger partial charge in [-0.1, -0.05) is 49.4 Å². The Morgan fingerprint density at radius 1 is 1.03 bits per heavy atom. The summed E-state index contributed by atoms with van der Waals surface area (Å²) in [6, 6.07) is 14.9. The van der Waals surface area contributed by atoms with Gasteiger partial charge in [-0.3, -0.25) is 9.59 Å². The van der Waals surface area contributed by atoms with Gasteiger partial charge >= 0.3 is 0 Å². The number of carbonyl (C=O) groups is 2. The second-order valence-corrected chi connectivity index (χ2v) is 10.1. The van der Waals surface area contributed by atoms with Gasteiger partial charge in [-0.15, -0.1) is 10.2 Å². The van der Waals surface area contributed by atoms with Crippen molar-refractivity contribution in [3.63, 3.8) is 0 Å². The number of nitrogens with zero attached hydrogens (tertiary/aromatic N) is 5. The van der Waals surface area contributed by atoms with Gasteiger partial charge in [0.1, 0.15) is 5.51 Å². The van der Waals surface area contributed by atoms with E-state index < -0.39 is 5.41 Å². The standard InChI is InChI=1S/C26H24N6O3S/c1-26(2,24(34)30-25-31-28-14-36-25)20-17-6-5-13-27-21(17)35-22-18(20)11-12-19(29-22)15-7-9-16(10-8-15)23(33)32(3)4/h5-14,20H,1-4H3,(H,30,31,34). The molecule has 0 aliphatic carbocycles. The van der Waals surface area contributed by atoms with Gasteiger partial charge in [0.25, 0.3) is 5.91 Å². The van der Waals surface area contributed by atoms with Crippen LogP contribution >= 0.6 is 11.3 Å². The van der Waals surface area contributed by atoms with Crippen molar-refractivity contribution in [2.24, 2.45) is 5.41 Å². The van der Waals surface area contributed by atoms with Crippen molar-refractivity contribution in [3.05, 3.63) is 76.9 Å². The average Bonchev–Trinajstić information content (AvgIpc) is 3.39. The lowest BCUT2D eigenvalue weighted by Gasteiger charge is -2.36. The molecule has 36 heavy (non-hydrogen) atoms. The molecule has 0 spiro atoms. The van der Waals surface area contributed by atoms with Gasteiger partial charge in [-0.2, -0.15) is 0 Å². The molecule has 5 rings (SSSR count). The molecule has 1 N–H and O–H groups in total. The van der Waals surface area contributed by atoms with E-state index in [1.165, 1.54) is 16.2 Å². The highest BCUT2D eigenvalue weighted by Gasteiger charge is 2.44. The minimum atomic E-state index is -0.890. The number of hydrogen-bond donors (Lipinski definition) is 1. The van der Waals surface area contributed by atoms with Crippen LogP contribution in [0.3, 0.4) is 0 Å². The Morgan fingerprint density at radius 3 is 2.47 bits per heavy atom. The predicted octanol–water partition coefficient (Wildman–Crippen LogP) is 4.60. The molecule has 4 aromatic rings. The van der Waals surface area contributed by atoms with Crippen LogP contribution in [-0.4, -0.2) is 51.0 Å². The molecule has 9 nitrogen and oxygen atoms in total. The fourth-order valence-corrected chi connectivity index (χ4v) is 4.76. The van der Waals surface area contributed by atoms with E-state index in [1.807, 2.05) is 50.2 Å². The number of benzene rings is 1. The molecule has 0 bridgehead atoms. The molecule has 0 fully saturated rings. The summed E-state index contributed by atoms with van der Waals surface area (Å²) >= 11 is 1.26. The fourth-order valence-electron chi connectivity index (χ4n) is 4.32. The van der Waals surface area contributed by atoms with Crippen LogP contribution in [0.5, 0.6) is 11.8 Å². The second kappa shape index (κ2) is 9.12. The number of pyridine rings is 2. The summed E-state index contributed by atoms with van der Waals surface area (Å²) in [4.78, 5) is 36.3. The number of fused-ring (bicyclic) bond motifs is 2. The summed E-state index contributed by atoms with van der Waals surface area (Å²) in [5, 5.41) is 11.1. The monoisotopic (exact) mass is 500 g/mol. The summed E-state index contributed by atoms with van der Waals surface area (Å²) in [6.45, 7) is 3.77. The maximum atomic E-state index is 13.4. The smallest absolute Gasteiger partial charge is 0.253 e. The van der Waals surface area contributed by atoms with Gasteiger partial charge in [-0.25, -0.2) is 9.97 Å². The Hall–Kier alpha value is -4.18. The Kier molecular flexibility index (Phi) is 5.97. The highest BCUT2D eigenvalue weighted by molar-refractivity contribution is 7.13. The van der Waals surface area contributed by atoms with Gasteiger partial charge < -0.3 is 15.0 Å². The van der Waals surface area contributed by atoms with Crippen molar-refractivity contribution in [3.8, 4) is 23.0 Å². The maximum Gasteiger partial charge on any atom is 0.253 e. The third-order valence-corrected chi connectivity index (χ3v) is 6.83. The van der Waals surface area contributed by atoms with Gasteiger partial charge in [-0.05, 0) is 24.3 Å². The number of carbonyl (C=O) groups excluding carboxylic acids is 2. The summed E-state index contributed by atoms with van der Waals surface area (Å²) in [5.41, 5.74) is 4.40. The first kappa shape index (κ1) is 23.6. The molecule has 2 amide bonds. The van der Waals surface area contributed by atoms with E-state index in [2.05, 4.69) is 20.5 Å². The number of anilines is 1. The lowest BCUT2D eigenvalue weighted by Crippen LogP contribution is -2.38. The minimum Gasteiger partial charge on any atom is -0.420 e. The zero-order valence-electron chi connectivity index (χ0n) is 20.2. The van der Waals surface area contributed by atoms with E-state index in [4.69, 9.17) is 9.72 Å². The van der Waals surface area contributed by atoms with Crippen molar-refractivity contribution >= 4 is 28.3 Å². The zero-order chi connectivity index (χ0) is 25.4. The third-order valence-electron chi connectivity index (χ3n) is 6.23. The molecule has 182 valence electrons. The molecule has 4 heterocycles. The molecule has 0 saturated carbocycles. The quantitative estimate of drug-likeness (QED) is 0.426. The van der Waals surface area contributed by atoms with E-state index in [0.717, 1.165) is 16.7 Å². The number of rotatable bonds is 5. The van der Waals surface area contributed by atoms with Crippen LogP contribution in [0.15, 0.2) is 60.2 Å². The lowest BCUT2D eigenvalue weighted by atomic mass is 9.70. The van der Waals surface area contributed by atoms with E-state index in [1.54, 1.807) is 37.9 Å². The molecule has 10 heteroatoms. The van der Waals surface area contributed by atoms with Crippen LogP contribution in [0.2, 0.25) is 0 Å². The van der Waals surface area contributed by atoms with E-state index in [9.17, 15) is 9.59 Å². The van der Waals surface area contributed by atoms with Crippen LogP contribution in [0, 0.1) is 5.41 Å². The van der Waals surface area contributed by atoms with Gasteiger partial charge in [0.2, 0.25) is 22.8 Å². The molecule has 1 atom stereocenters. The second-order valence-electron chi connectivity index (χ2n) is 9.22. The fraction of sp³-hybridized carbons (Fsp3) is 0.231. The maximum absolute atomic E-state index is 13.4. The first-order valence-electron chi connectivity index (χ1n) is 11.3. The number of aromatic nitrogens is 4. The van der Waals surface area contributed by atoms with E-state index >= 15 is 0 Å². The molecule has 0 saturated heterocycles. The third kappa shape index (κ3) is 4.20. The molecule has 3 aromatic heterocycles. The van der Waals surface area contributed by atoms with Crippen molar-refractivity contribution in [2.45, 2.75) is 19.8 Å². The Balaban J connectivity index is 1.53. The molecule has 1 unspecified atom stereocenters. The van der Waals surface area contributed by atoms with Crippen molar-refractivity contribution in [1.82, 2.24) is 25.1 Å². The minimum absolute atomic E-state index is 0.0668. The number of ether oxygens (including phenoxy) is 1. The van der Waals surface area contributed by atoms with E-state index in [-0.39, 0.29) is 17.7 Å². The van der Waals surface area contributed by atoms with Gasteiger partial charge in [0.05, 0.1) is 11.1 Å². The van der Waals surface area contributed by atoms with Crippen LogP contribution in [-0.2, 0) is 4.79 Å².